The molecule has 0 aliphatic heterocycles. The molecule has 0 radical (unpaired) electrons. The summed E-state index contributed by atoms with van der Waals surface area (Å²) in [7, 11) is 0. The fourth-order valence-corrected chi connectivity index (χ4v) is 4.92. The van der Waals surface area contributed by atoms with E-state index in [1.165, 1.54) is 128 Å². The molecule has 4 nitrogen and oxygen atoms in total. The molecule has 0 spiro atoms. The van der Waals surface area contributed by atoms with E-state index in [-0.39, 0.29) is 5.97 Å². The second-order valence-corrected chi connectivity index (χ2v) is 11.3. The zero-order valence-electron chi connectivity index (χ0n) is 25.3. The second kappa shape index (κ2) is 31.9. The van der Waals surface area contributed by atoms with E-state index in [2.05, 4.69) is 19.1 Å². The van der Waals surface area contributed by atoms with E-state index in [0.29, 0.717) is 19.4 Å². The Morgan fingerprint density at radius 2 is 0.868 bits per heavy atom. The Kier molecular flexibility index (Phi) is 30.8. The molecular weight excluding hydrogens is 472 g/mol. The molecule has 224 valence electrons. The van der Waals surface area contributed by atoms with Gasteiger partial charge in [-0.1, -0.05) is 141 Å². The first kappa shape index (κ1) is 36.7. The van der Waals surface area contributed by atoms with Crippen LogP contribution in [-0.2, 0) is 14.3 Å². The summed E-state index contributed by atoms with van der Waals surface area (Å²) >= 11 is 0. The smallest absolute Gasteiger partial charge is 0.305 e. The highest BCUT2D eigenvalue weighted by Crippen LogP contribution is 2.14. The molecule has 0 atom stereocenters. The molecule has 4 heteroatoms. The van der Waals surface area contributed by atoms with Gasteiger partial charge in [0.1, 0.15) is 0 Å². The van der Waals surface area contributed by atoms with Crippen LogP contribution in [0.4, 0.5) is 0 Å². The van der Waals surface area contributed by atoms with Gasteiger partial charge in [0.05, 0.1) is 6.61 Å². The molecule has 0 bridgehead atoms. The van der Waals surface area contributed by atoms with Crippen molar-refractivity contribution in [1.29, 1.82) is 0 Å². The molecule has 0 saturated heterocycles. The molecule has 0 aliphatic carbocycles. The van der Waals surface area contributed by atoms with Crippen LogP contribution >= 0.6 is 0 Å². The molecule has 1 N–H and O–H groups in total. The minimum Gasteiger partial charge on any atom is -0.481 e. The van der Waals surface area contributed by atoms with Crippen LogP contribution in [0.3, 0.4) is 0 Å². The largest absolute Gasteiger partial charge is 0.481 e. The highest BCUT2D eigenvalue weighted by Gasteiger charge is 2.02. The maximum absolute atomic E-state index is 11.9. The average Bonchev–Trinajstić information content (AvgIpc) is 2.90. The number of unbranched alkanes of at least 4 members (excludes halogenated alkanes) is 23. The summed E-state index contributed by atoms with van der Waals surface area (Å²) in [6.45, 7) is 2.86. The van der Waals surface area contributed by atoms with Gasteiger partial charge in [-0.3, -0.25) is 9.59 Å². The molecule has 0 amide bonds. The topological polar surface area (TPSA) is 63.6 Å². The number of carboxylic acid groups (broad SMARTS) is 1. The van der Waals surface area contributed by atoms with Crippen molar-refractivity contribution in [2.75, 3.05) is 6.61 Å². The van der Waals surface area contributed by atoms with Crippen molar-refractivity contribution in [3.63, 3.8) is 0 Å². The van der Waals surface area contributed by atoms with Gasteiger partial charge >= 0.3 is 11.9 Å². The number of aliphatic carboxylic acids is 1. The Labute approximate surface area is 236 Å². The quantitative estimate of drug-likeness (QED) is 0.0543. The summed E-state index contributed by atoms with van der Waals surface area (Å²) in [6.07, 6.45) is 37.8. The van der Waals surface area contributed by atoms with Crippen LogP contribution in [0.15, 0.2) is 12.2 Å². The first-order valence-electron chi connectivity index (χ1n) is 16.7. The van der Waals surface area contributed by atoms with Gasteiger partial charge in [0.15, 0.2) is 0 Å². The third-order valence-electron chi connectivity index (χ3n) is 7.44. The molecule has 0 rings (SSSR count). The van der Waals surface area contributed by atoms with Gasteiger partial charge in [0, 0.05) is 12.8 Å². The fourth-order valence-electron chi connectivity index (χ4n) is 4.92. The first-order valence-corrected chi connectivity index (χ1v) is 16.7. The number of carbonyl (C=O) groups is 2. The Balaban J connectivity index is 3.20. The minimum atomic E-state index is -0.671. The molecule has 0 aromatic carbocycles. The van der Waals surface area contributed by atoms with Crippen molar-refractivity contribution in [3.05, 3.63) is 12.2 Å². The number of carboxylic acids is 1. The third kappa shape index (κ3) is 32.7. The Hall–Kier alpha value is -1.32. The summed E-state index contributed by atoms with van der Waals surface area (Å²) in [5.74, 6) is -0.681. The maximum Gasteiger partial charge on any atom is 0.305 e. The van der Waals surface area contributed by atoms with Crippen LogP contribution in [-0.4, -0.2) is 23.7 Å². The van der Waals surface area contributed by atoms with E-state index in [4.69, 9.17) is 9.84 Å². The molecule has 0 aliphatic rings. The third-order valence-corrected chi connectivity index (χ3v) is 7.44. The molecule has 0 aromatic heterocycles. The lowest BCUT2D eigenvalue weighted by Gasteiger charge is -2.05. The molecule has 0 saturated carbocycles. The van der Waals surface area contributed by atoms with E-state index in [1.54, 1.807) is 0 Å². The average molecular weight is 537 g/mol. The predicted molar refractivity (Wildman–Crippen MR) is 163 cm³/mol. The molecule has 38 heavy (non-hydrogen) atoms. The molecule has 0 aromatic rings. The van der Waals surface area contributed by atoms with Crippen molar-refractivity contribution in [2.45, 2.75) is 187 Å². The summed E-state index contributed by atoms with van der Waals surface area (Å²) in [6, 6.07) is 0. The Morgan fingerprint density at radius 3 is 1.32 bits per heavy atom. The Morgan fingerprint density at radius 1 is 0.500 bits per heavy atom. The summed E-state index contributed by atoms with van der Waals surface area (Å²) in [5, 5.41) is 8.62. The minimum absolute atomic E-state index is 0.00971. The lowest BCUT2D eigenvalue weighted by atomic mass is 10.0. The monoisotopic (exact) mass is 536 g/mol. The van der Waals surface area contributed by atoms with Gasteiger partial charge in [0.2, 0.25) is 0 Å². The van der Waals surface area contributed by atoms with Gasteiger partial charge in [-0.15, -0.1) is 0 Å². The summed E-state index contributed by atoms with van der Waals surface area (Å²) in [5.41, 5.74) is 0. The highest BCUT2D eigenvalue weighted by molar-refractivity contribution is 5.69. The van der Waals surface area contributed by atoms with Gasteiger partial charge in [-0.05, 0) is 44.9 Å². The van der Waals surface area contributed by atoms with Crippen molar-refractivity contribution in [2.24, 2.45) is 0 Å². The van der Waals surface area contributed by atoms with Gasteiger partial charge in [-0.2, -0.15) is 0 Å². The summed E-state index contributed by atoms with van der Waals surface area (Å²) in [4.78, 5) is 22.3. The van der Waals surface area contributed by atoms with Gasteiger partial charge in [-0.25, -0.2) is 0 Å². The number of carbonyl (C=O) groups excluding carboxylic acids is 1. The molecular formula is C34H64O4. The van der Waals surface area contributed by atoms with E-state index in [0.717, 1.165) is 38.5 Å². The van der Waals surface area contributed by atoms with Crippen LogP contribution in [0.5, 0.6) is 0 Å². The highest BCUT2D eigenvalue weighted by atomic mass is 16.5. The zero-order chi connectivity index (χ0) is 27.8. The normalized spacial score (nSPS) is 11.4. The second-order valence-electron chi connectivity index (χ2n) is 11.3. The number of hydrogen-bond donors (Lipinski definition) is 1. The lowest BCUT2D eigenvalue weighted by Crippen LogP contribution is -2.05. The van der Waals surface area contributed by atoms with Gasteiger partial charge in [0.25, 0.3) is 0 Å². The maximum atomic E-state index is 11.9. The van der Waals surface area contributed by atoms with Crippen LogP contribution in [0.1, 0.15) is 187 Å². The van der Waals surface area contributed by atoms with E-state index in [9.17, 15) is 9.59 Å². The standard InChI is InChI=1S/C34H64O4/c1-2-3-4-5-6-7-8-9-10-13-16-19-22-25-28-31-34(37)38-32-29-26-23-20-17-14-11-12-15-18-21-24-27-30-33(35)36/h9-10H,2-8,11-32H2,1H3,(H,35,36)/b10-9-. The predicted octanol–water partition coefficient (Wildman–Crippen LogP) is 11.1. The molecule has 0 fully saturated rings. The van der Waals surface area contributed by atoms with Crippen molar-refractivity contribution in [1.82, 2.24) is 0 Å². The SMILES string of the molecule is CCCCCCCC/C=C\CCCCCCCC(=O)OCCCCCCCCCCCCCCCC(=O)O. The van der Waals surface area contributed by atoms with E-state index >= 15 is 0 Å². The lowest BCUT2D eigenvalue weighted by molar-refractivity contribution is -0.144. The summed E-state index contributed by atoms with van der Waals surface area (Å²) < 4.78 is 5.40. The van der Waals surface area contributed by atoms with Gasteiger partial charge < -0.3 is 9.84 Å². The van der Waals surface area contributed by atoms with Crippen LogP contribution < -0.4 is 0 Å². The number of allylic oxidation sites excluding steroid dienone is 2. The Bertz CT molecular complexity index is 529. The number of hydrogen-bond acceptors (Lipinski definition) is 3. The molecule has 0 heterocycles. The number of rotatable bonds is 31. The van der Waals surface area contributed by atoms with Crippen molar-refractivity contribution < 1.29 is 19.4 Å². The zero-order valence-corrected chi connectivity index (χ0v) is 25.3. The van der Waals surface area contributed by atoms with E-state index < -0.39 is 5.97 Å². The van der Waals surface area contributed by atoms with Crippen LogP contribution in [0.25, 0.3) is 0 Å². The van der Waals surface area contributed by atoms with Crippen molar-refractivity contribution in [3.8, 4) is 0 Å². The first-order chi connectivity index (χ1) is 18.7. The van der Waals surface area contributed by atoms with Crippen LogP contribution in [0, 0.1) is 0 Å². The van der Waals surface area contributed by atoms with E-state index in [1.807, 2.05) is 0 Å². The fraction of sp³-hybridized carbons (Fsp3) is 0.882. The number of ether oxygens (including phenoxy) is 1. The van der Waals surface area contributed by atoms with Crippen LogP contribution in [0.2, 0.25) is 0 Å². The number of esters is 1. The van der Waals surface area contributed by atoms with Crippen molar-refractivity contribution >= 4 is 11.9 Å². The molecule has 0 unspecified atom stereocenters.